The summed E-state index contributed by atoms with van der Waals surface area (Å²) in [5.41, 5.74) is 4.51. The number of carbonyl (C=O) groups is 2. The average molecular weight is 472 g/mol. The van der Waals surface area contributed by atoms with Gasteiger partial charge in [0, 0.05) is 17.8 Å². The molecule has 1 aliphatic rings. The SMILES string of the molecule is CN(C(=O)OCC1c2ccccc2-c2ccccc21)C(C(=O)O)c1ccc(Br)s1. The van der Waals surface area contributed by atoms with E-state index in [9.17, 15) is 14.7 Å². The second-order valence-electron chi connectivity index (χ2n) is 6.80. The molecule has 0 bridgehead atoms. The highest BCUT2D eigenvalue weighted by Gasteiger charge is 2.33. The number of ether oxygens (including phenoxy) is 1. The van der Waals surface area contributed by atoms with Crippen molar-refractivity contribution in [2.45, 2.75) is 12.0 Å². The van der Waals surface area contributed by atoms with Crippen LogP contribution >= 0.6 is 27.3 Å². The molecule has 0 spiro atoms. The smallest absolute Gasteiger partial charge is 0.410 e. The molecule has 0 radical (unpaired) electrons. The van der Waals surface area contributed by atoms with E-state index in [0.717, 1.165) is 30.9 Å². The summed E-state index contributed by atoms with van der Waals surface area (Å²) >= 11 is 4.61. The zero-order valence-corrected chi connectivity index (χ0v) is 17.9. The molecule has 29 heavy (non-hydrogen) atoms. The van der Waals surface area contributed by atoms with Gasteiger partial charge in [0.15, 0.2) is 6.04 Å². The van der Waals surface area contributed by atoms with Crippen LogP contribution in [0.5, 0.6) is 0 Å². The fourth-order valence-electron chi connectivity index (χ4n) is 3.75. The first-order valence-electron chi connectivity index (χ1n) is 9.03. The summed E-state index contributed by atoms with van der Waals surface area (Å²) < 4.78 is 6.38. The Balaban J connectivity index is 1.53. The lowest BCUT2D eigenvalue weighted by molar-refractivity contribution is -0.142. The summed E-state index contributed by atoms with van der Waals surface area (Å²) in [7, 11) is 1.45. The normalized spacial score (nSPS) is 13.4. The van der Waals surface area contributed by atoms with Crippen LogP contribution in [-0.2, 0) is 9.53 Å². The van der Waals surface area contributed by atoms with Crippen molar-refractivity contribution in [1.29, 1.82) is 0 Å². The third-order valence-corrected chi connectivity index (χ3v) is 6.78. The molecule has 0 saturated heterocycles. The molecule has 3 aromatic rings. The van der Waals surface area contributed by atoms with Crippen LogP contribution in [0.15, 0.2) is 64.5 Å². The highest BCUT2D eigenvalue weighted by Crippen LogP contribution is 2.44. The van der Waals surface area contributed by atoms with Crippen LogP contribution in [0.3, 0.4) is 0 Å². The van der Waals surface area contributed by atoms with Gasteiger partial charge in [-0.05, 0) is 50.3 Å². The fourth-order valence-corrected chi connectivity index (χ4v) is 5.32. The van der Waals surface area contributed by atoms with Gasteiger partial charge < -0.3 is 9.84 Å². The Labute approximate surface area is 180 Å². The van der Waals surface area contributed by atoms with Gasteiger partial charge in [-0.2, -0.15) is 0 Å². The molecule has 0 saturated carbocycles. The lowest BCUT2D eigenvalue weighted by atomic mass is 9.98. The van der Waals surface area contributed by atoms with E-state index in [-0.39, 0.29) is 12.5 Å². The number of carboxylic acids is 1. The van der Waals surface area contributed by atoms with E-state index in [1.807, 2.05) is 36.4 Å². The molecule has 148 valence electrons. The Morgan fingerprint density at radius 2 is 1.66 bits per heavy atom. The molecule has 7 heteroatoms. The van der Waals surface area contributed by atoms with Crippen LogP contribution in [0.2, 0.25) is 0 Å². The molecule has 1 atom stereocenters. The molecule has 1 N–H and O–H groups in total. The number of hydrogen-bond acceptors (Lipinski definition) is 4. The molecule has 1 aliphatic carbocycles. The van der Waals surface area contributed by atoms with Crippen molar-refractivity contribution >= 4 is 39.3 Å². The number of nitrogens with zero attached hydrogens (tertiary/aromatic N) is 1. The van der Waals surface area contributed by atoms with E-state index in [2.05, 4.69) is 28.1 Å². The first-order valence-corrected chi connectivity index (χ1v) is 10.6. The van der Waals surface area contributed by atoms with Crippen LogP contribution < -0.4 is 0 Å². The summed E-state index contributed by atoms with van der Waals surface area (Å²) in [6.07, 6.45) is -0.663. The summed E-state index contributed by atoms with van der Waals surface area (Å²) in [4.78, 5) is 26.2. The van der Waals surface area contributed by atoms with Crippen LogP contribution in [0.4, 0.5) is 4.79 Å². The Morgan fingerprint density at radius 1 is 1.07 bits per heavy atom. The highest BCUT2D eigenvalue weighted by atomic mass is 79.9. The first-order chi connectivity index (χ1) is 14.0. The maximum absolute atomic E-state index is 12.7. The van der Waals surface area contributed by atoms with Crippen molar-refractivity contribution in [2.24, 2.45) is 0 Å². The zero-order valence-electron chi connectivity index (χ0n) is 15.5. The van der Waals surface area contributed by atoms with Crippen molar-refractivity contribution < 1.29 is 19.4 Å². The van der Waals surface area contributed by atoms with Gasteiger partial charge >= 0.3 is 12.1 Å². The highest BCUT2D eigenvalue weighted by molar-refractivity contribution is 9.11. The molecular formula is C22H18BrNO4S. The summed E-state index contributed by atoms with van der Waals surface area (Å²) in [6, 6.07) is 18.5. The monoisotopic (exact) mass is 471 g/mol. The molecule has 4 rings (SSSR count). The van der Waals surface area contributed by atoms with E-state index >= 15 is 0 Å². The van der Waals surface area contributed by atoms with Gasteiger partial charge in [-0.3, -0.25) is 4.90 Å². The average Bonchev–Trinajstić information content (AvgIpc) is 3.27. The molecule has 1 unspecified atom stereocenters. The molecule has 0 fully saturated rings. The van der Waals surface area contributed by atoms with Gasteiger partial charge in [-0.25, -0.2) is 9.59 Å². The van der Waals surface area contributed by atoms with Crippen molar-refractivity contribution in [1.82, 2.24) is 4.90 Å². The van der Waals surface area contributed by atoms with Gasteiger partial charge in [0.25, 0.3) is 0 Å². The number of aliphatic carboxylic acids is 1. The Hall–Kier alpha value is -2.64. The fraction of sp³-hybridized carbons (Fsp3) is 0.182. The van der Waals surface area contributed by atoms with Gasteiger partial charge in [0.2, 0.25) is 0 Å². The van der Waals surface area contributed by atoms with E-state index in [1.54, 1.807) is 12.1 Å². The predicted molar refractivity (Wildman–Crippen MR) is 115 cm³/mol. The topological polar surface area (TPSA) is 66.8 Å². The van der Waals surface area contributed by atoms with Crippen molar-refractivity contribution in [3.8, 4) is 11.1 Å². The minimum absolute atomic E-state index is 0.0705. The quantitative estimate of drug-likeness (QED) is 0.531. The van der Waals surface area contributed by atoms with Crippen molar-refractivity contribution in [3.63, 3.8) is 0 Å². The van der Waals surface area contributed by atoms with E-state index in [4.69, 9.17) is 4.74 Å². The Morgan fingerprint density at radius 3 is 2.17 bits per heavy atom. The number of amides is 1. The van der Waals surface area contributed by atoms with Crippen LogP contribution in [0.1, 0.15) is 28.0 Å². The summed E-state index contributed by atoms with van der Waals surface area (Å²) in [5.74, 6) is -1.17. The maximum atomic E-state index is 12.7. The number of rotatable bonds is 5. The van der Waals surface area contributed by atoms with E-state index in [1.165, 1.54) is 18.4 Å². The van der Waals surface area contributed by atoms with Crippen molar-refractivity contribution in [3.05, 3.63) is 80.5 Å². The minimum Gasteiger partial charge on any atom is -0.479 e. The van der Waals surface area contributed by atoms with Crippen molar-refractivity contribution in [2.75, 3.05) is 13.7 Å². The van der Waals surface area contributed by atoms with E-state index < -0.39 is 18.1 Å². The van der Waals surface area contributed by atoms with Gasteiger partial charge in [-0.1, -0.05) is 48.5 Å². The maximum Gasteiger partial charge on any atom is 0.410 e. The molecule has 0 aliphatic heterocycles. The Bertz CT molecular complexity index is 1030. The minimum atomic E-state index is -1.10. The molecule has 1 amide bonds. The number of fused-ring (bicyclic) bond motifs is 3. The second kappa shape index (κ2) is 8.00. The summed E-state index contributed by atoms with van der Waals surface area (Å²) in [5, 5.41) is 9.64. The van der Waals surface area contributed by atoms with Gasteiger partial charge in [-0.15, -0.1) is 11.3 Å². The standard InChI is InChI=1S/C22H18BrNO4S/c1-24(20(21(25)26)18-10-11-19(23)29-18)22(27)28-12-17-15-8-4-2-6-13(15)14-7-3-5-9-16(14)17/h2-11,17,20H,12H2,1H3,(H,25,26). The molecule has 1 heterocycles. The first kappa shape index (κ1) is 19.7. The number of halogens is 1. The molecule has 5 nitrogen and oxygen atoms in total. The number of likely N-dealkylation sites (N-methyl/N-ethyl adjacent to an activating group) is 1. The largest absolute Gasteiger partial charge is 0.479 e. The zero-order chi connectivity index (χ0) is 20.5. The Kier molecular flexibility index (Phi) is 5.43. The third kappa shape index (κ3) is 3.68. The number of carboxylic acid groups (broad SMARTS) is 1. The number of benzene rings is 2. The van der Waals surface area contributed by atoms with Gasteiger partial charge in [0.1, 0.15) is 6.61 Å². The predicted octanol–water partition coefficient (Wildman–Crippen LogP) is 5.52. The molecular weight excluding hydrogens is 454 g/mol. The van der Waals surface area contributed by atoms with E-state index in [0.29, 0.717) is 4.88 Å². The van der Waals surface area contributed by atoms with Crippen LogP contribution in [-0.4, -0.2) is 35.7 Å². The van der Waals surface area contributed by atoms with Gasteiger partial charge in [0.05, 0.1) is 3.79 Å². The number of thiophene rings is 1. The lowest BCUT2D eigenvalue weighted by Gasteiger charge is -2.24. The number of hydrogen-bond donors (Lipinski definition) is 1. The number of carbonyl (C=O) groups excluding carboxylic acids is 1. The van der Waals surface area contributed by atoms with Crippen LogP contribution in [0.25, 0.3) is 11.1 Å². The summed E-state index contributed by atoms with van der Waals surface area (Å²) in [6.45, 7) is 0.150. The second-order valence-corrected chi connectivity index (χ2v) is 9.29. The molecule has 1 aromatic heterocycles. The van der Waals surface area contributed by atoms with Crippen LogP contribution in [0, 0.1) is 0 Å². The lowest BCUT2D eigenvalue weighted by Crippen LogP contribution is -2.36. The molecule has 2 aromatic carbocycles. The third-order valence-electron chi connectivity index (χ3n) is 5.11.